The number of carbonyl (C=O) groups is 2. The van der Waals surface area contributed by atoms with Gasteiger partial charge in [-0.15, -0.1) is 0 Å². The minimum absolute atomic E-state index is 0.00554. The molecule has 1 aliphatic heterocycles. The summed E-state index contributed by atoms with van der Waals surface area (Å²) >= 11 is 0. The van der Waals surface area contributed by atoms with Gasteiger partial charge in [0, 0.05) is 49.6 Å². The molecule has 3 N–H and O–H groups in total. The summed E-state index contributed by atoms with van der Waals surface area (Å²) in [5, 5.41) is 2.39. The molecule has 216 valence electrons. The summed E-state index contributed by atoms with van der Waals surface area (Å²) in [4.78, 5) is 40.2. The summed E-state index contributed by atoms with van der Waals surface area (Å²) in [5.41, 5.74) is 7.51. The number of pyridine rings is 1. The molecular formula is C28H27BF3N7O3. The highest BCUT2D eigenvalue weighted by atomic mass is 19.4. The molecule has 5 rings (SSSR count). The normalized spacial score (nSPS) is 15.6. The Labute approximate surface area is 240 Å². The van der Waals surface area contributed by atoms with Crippen LogP contribution < -0.4 is 16.6 Å². The molecule has 0 unspecified atom stereocenters. The third-order valence-electron chi connectivity index (χ3n) is 7.15. The molecule has 1 fully saturated rings. The molecule has 4 aromatic rings. The van der Waals surface area contributed by atoms with Gasteiger partial charge >= 0.3 is 6.18 Å². The number of imidazole rings is 1. The van der Waals surface area contributed by atoms with Gasteiger partial charge in [0.2, 0.25) is 5.91 Å². The number of nitrogens with two attached hydrogens (primary N) is 1. The molecule has 10 nitrogen and oxygen atoms in total. The van der Waals surface area contributed by atoms with Gasteiger partial charge in [0.05, 0.1) is 18.6 Å². The average Bonchev–Trinajstić information content (AvgIpc) is 3.40. The monoisotopic (exact) mass is 577 g/mol. The Hall–Kier alpha value is -4.46. The summed E-state index contributed by atoms with van der Waals surface area (Å²) in [6, 6.07) is 7.95. The fourth-order valence-electron chi connectivity index (χ4n) is 5.07. The second-order valence-electron chi connectivity index (χ2n) is 9.95. The smallest absolute Gasteiger partial charge is 0.384 e. The van der Waals surface area contributed by atoms with Gasteiger partial charge in [-0.25, -0.2) is 15.0 Å². The largest absolute Gasteiger partial charge is 0.416 e. The van der Waals surface area contributed by atoms with Crippen molar-refractivity contribution in [3.63, 3.8) is 0 Å². The SMILES string of the molecule is [B]c1cnc(N)c2c(-c3ccc(C(=O)Nc4cc(C(F)(F)F)ccn4)cc3)nc([C@@H]3CCCN(C(=O)CCOC)C3)n12. The van der Waals surface area contributed by atoms with Crippen LogP contribution in [0.3, 0.4) is 0 Å². The van der Waals surface area contributed by atoms with Crippen LogP contribution in [-0.2, 0) is 15.7 Å². The Balaban J connectivity index is 1.43. The highest BCUT2D eigenvalue weighted by Crippen LogP contribution is 2.34. The molecule has 4 heterocycles. The summed E-state index contributed by atoms with van der Waals surface area (Å²) in [6.45, 7) is 1.45. The maximum atomic E-state index is 13.0. The number of halogens is 3. The van der Waals surface area contributed by atoms with E-state index in [2.05, 4.69) is 15.3 Å². The molecule has 1 atom stereocenters. The van der Waals surface area contributed by atoms with E-state index in [1.54, 1.807) is 28.5 Å². The Bertz CT molecular complexity index is 1630. The van der Waals surface area contributed by atoms with Gasteiger partial charge in [-0.2, -0.15) is 13.2 Å². The number of benzene rings is 1. The van der Waals surface area contributed by atoms with Gasteiger partial charge in [-0.1, -0.05) is 12.1 Å². The lowest BCUT2D eigenvalue weighted by atomic mass is 9.96. The van der Waals surface area contributed by atoms with E-state index in [1.165, 1.54) is 18.3 Å². The Morgan fingerprint density at radius 3 is 2.67 bits per heavy atom. The molecule has 3 aromatic heterocycles. The molecule has 0 spiro atoms. The topological polar surface area (TPSA) is 128 Å². The van der Waals surface area contributed by atoms with Crippen molar-refractivity contribution in [2.75, 3.05) is 37.9 Å². The van der Waals surface area contributed by atoms with Crippen molar-refractivity contribution in [2.45, 2.75) is 31.4 Å². The van der Waals surface area contributed by atoms with Gasteiger partial charge < -0.3 is 25.1 Å². The molecule has 2 radical (unpaired) electrons. The van der Waals surface area contributed by atoms with Gasteiger partial charge in [0.15, 0.2) is 0 Å². The number of nitrogens with one attached hydrogen (secondary N) is 1. The number of ether oxygens (including phenoxy) is 1. The lowest BCUT2D eigenvalue weighted by Crippen LogP contribution is -2.40. The van der Waals surface area contributed by atoms with Crippen molar-refractivity contribution in [3.8, 4) is 11.3 Å². The molecule has 1 saturated heterocycles. The standard InChI is InChI=1S/C28H27BF3N7O3/c1-42-12-9-22(40)38-11-2-3-18(15-38)26-37-23(24-25(33)35-14-20(29)39(24)26)16-4-6-17(7-5-16)27(41)36-21-13-19(8-10-34-21)28(30,31)32/h4-8,10,13-14,18H,2-3,9,11-12,15H2,1H3,(H2,33,35)(H,34,36,41)/t18-/m1/s1. The minimum Gasteiger partial charge on any atom is -0.384 e. The second-order valence-corrected chi connectivity index (χ2v) is 9.95. The Morgan fingerprint density at radius 1 is 1.19 bits per heavy atom. The summed E-state index contributed by atoms with van der Waals surface area (Å²) in [6.07, 6.45) is -0.258. The number of fused-ring (bicyclic) bond motifs is 1. The number of amides is 2. The molecule has 42 heavy (non-hydrogen) atoms. The zero-order valence-corrected chi connectivity index (χ0v) is 22.7. The van der Waals surface area contributed by atoms with Crippen LogP contribution >= 0.6 is 0 Å². The summed E-state index contributed by atoms with van der Waals surface area (Å²) in [7, 11) is 7.89. The van der Waals surface area contributed by atoms with Crippen LogP contribution in [0.15, 0.2) is 48.8 Å². The first-order valence-electron chi connectivity index (χ1n) is 13.2. The number of nitrogen functional groups attached to an aromatic ring is 1. The van der Waals surface area contributed by atoms with Gasteiger partial charge in [-0.3, -0.25) is 9.59 Å². The minimum atomic E-state index is -4.56. The van der Waals surface area contributed by atoms with E-state index in [-0.39, 0.29) is 29.0 Å². The maximum Gasteiger partial charge on any atom is 0.416 e. The third kappa shape index (κ3) is 5.93. The van der Waals surface area contributed by atoms with E-state index in [0.29, 0.717) is 54.3 Å². The molecule has 0 bridgehead atoms. The molecule has 1 aromatic carbocycles. The van der Waals surface area contributed by atoms with Crippen LogP contribution in [0.2, 0.25) is 0 Å². The van der Waals surface area contributed by atoms with Crippen molar-refractivity contribution < 1.29 is 27.5 Å². The van der Waals surface area contributed by atoms with E-state index in [9.17, 15) is 22.8 Å². The van der Waals surface area contributed by atoms with Crippen LogP contribution in [0, 0.1) is 0 Å². The van der Waals surface area contributed by atoms with Gasteiger partial charge in [-0.05, 0) is 42.7 Å². The second kappa shape index (κ2) is 11.8. The lowest BCUT2D eigenvalue weighted by molar-refractivity contribution is -0.137. The number of methoxy groups -OCH3 is 1. The van der Waals surface area contributed by atoms with Crippen molar-refractivity contribution in [1.29, 1.82) is 0 Å². The number of carbonyl (C=O) groups excluding carboxylic acids is 2. The number of anilines is 2. The van der Waals surface area contributed by atoms with Crippen molar-refractivity contribution in [2.24, 2.45) is 0 Å². The predicted octanol–water partition coefficient (Wildman–Crippen LogP) is 3.18. The summed E-state index contributed by atoms with van der Waals surface area (Å²) in [5.74, 6) is -0.103. The van der Waals surface area contributed by atoms with Gasteiger partial charge in [0.25, 0.3) is 5.91 Å². The highest BCUT2D eigenvalue weighted by molar-refractivity contribution is 6.31. The zero-order valence-electron chi connectivity index (χ0n) is 22.7. The van der Waals surface area contributed by atoms with E-state index in [4.69, 9.17) is 23.3 Å². The van der Waals surface area contributed by atoms with E-state index in [1.807, 2.05) is 0 Å². The van der Waals surface area contributed by atoms with Crippen LogP contribution in [0.1, 0.15) is 46.9 Å². The van der Waals surface area contributed by atoms with E-state index in [0.717, 1.165) is 31.2 Å². The van der Waals surface area contributed by atoms with E-state index >= 15 is 0 Å². The Kier molecular flexibility index (Phi) is 8.16. The number of aromatic nitrogens is 4. The fourth-order valence-corrected chi connectivity index (χ4v) is 5.07. The van der Waals surface area contributed by atoms with Crippen molar-refractivity contribution in [3.05, 3.63) is 65.7 Å². The zero-order chi connectivity index (χ0) is 30.0. The predicted molar refractivity (Wildman–Crippen MR) is 150 cm³/mol. The molecule has 0 aliphatic carbocycles. The number of alkyl halides is 3. The number of nitrogens with zero attached hydrogens (tertiary/aromatic N) is 5. The average molecular weight is 577 g/mol. The molecule has 0 saturated carbocycles. The first-order chi connectivity index (χ1) is 20.1. The third-order valence-corrected chi connectivity index (χ3v) is 7.15. The quantitative estimate of drug-likeness (QED) is 0.323. The first kappa shape index (κ1) is 29.1. The fraction of sp³-hybridized carbons (Fsp3) is 0.321. The van der Waals surface area contributed by atoms with Crippen LogP contribution in [0.25, 0.3) is 16.8 Å². The van der Waals surface area contributed by atoms with E-state index < -0.39 is 17.6 Å². The van der Waals surface area contributed by atoms with Crippen LogP contribution in [0.5, 0.6) is 0 Å². The number of hydrogen-bond acceptors (Lipinski definition) is 7. The number of likely N-dealkylation sites (tertiary alicyclic amines) is 1. The molecular weight excluding hydrogens is 550 g/mol. The molecule has 2 amide bonds. The number of hydrogen-bond donors (Lipinski definition) is 2. The van der Waals surface area contributed by atoms with Gasteiger partial charge in [0.1, 0.15) is 36.5 Å². The lowest BCUT2D eigenvalue weighted by Gasteiger charge is -2.32. The summed E-state index contributed by atoms with van der Waals surface area (Å²) < 4.78 is 45.9. The van der Waals surface area contributed by atoms with Crippen LogP contribution in [-0.4, -0.2) is 70.7 Å². The molecule has 14 heteroatoms. The van der Waals surface area contributed by atoms with Crippen molar-refractivity contribution in [1.82, 2.24) is 24.3 Å². The number of rotatable bonds is 7. The molecule has 1 aliphatic rings. The first-order valence-corrected chi connectivity index (χ1v) is 13.2. The van der Waals surface area contributed by atoms with Crippen molar-refractivity contribution >= 4 is 42.4 Å². The van der Waals surface area contributed by atoms with Crippen LogP contribution in [0.4, 0.5) is 24.8 Å². The number of piperidine rings is 1. The Morgan fingerprint density at radius 2 is 1.95 bits per heavy atom. The highest BCUT2D eigenvalue weighted by Gasteiger charge is 2.31. The maximum absolute atomic E-state index is 13.0.